The van der Waals surface area contributed by atoms with Gasteiger partial charge in [-0.2, -0.15) is 18.9 Å². The van der Waals surface area contributed by atoms with Gasteiger partial charge in [0.25, 0.3) is 0 Å². The Balaban J connectivity index is 1.71. The minimum Gasteiger partial charge on any atom is -0.434 e. The summed E-state index contributed by atoms with van der Waals surface area (Å²) in [5.41, 5.74) is 1.46. The molecule has 0 unspecified atom stereocenters. The zero-order valence-electron chi connectivity index (χ0n) is 13.5. The van der Waals surface area contributed by atoms with Crippen LogP contribution >= 0.6 is 0 Å². The molecule has 0 aliphatic carbocycles. The standard InChI is InChI=1S/C18H15F3N4O/c19-12-7-5-11(6-8-12)15-9-14(24-18-22-10-23-25(15)18)13-3-1-2-4-16(13)26-17(20)21/h1-8,10,14-15,17H,9H2,(H,22,23,24)/t14-,15+/m0/s1. The van der Waals surface area contributed by atoms with Gasteiger partial charge in [0, 0.05) is 5.56 Å². The van der Waals surface area contributed by atoms with Gasteiger partial charge in [-0.15, -0.1) is 0 Å². The van der Waals surface area contributed by atoms with E-state index in [9.17, 15) is 13.2 Å². The molecule has 0 bridgehead atoms. The number of nitrogens with zero attached hydrogens (tertiary/aromatic N) is 3. The van der Waals surface area contributed by atoms with Crippen molar-refractivity contribution in [1.82, 2.24) is 14.8 Å². The van der Waals surface area contributed by atoms with Crippen molar-refractivity contribution in [2.45, 2.75) is 25.1 Å². The zero-order valence-corrected chi connectivity index (χ0v) is 13.5. The molecule has 0 amide bonds. The molecule has 2 heterocycles. The molecular weight excluding hydrogens is 345 g/mol. The number of fused-ring (bicyclic) bond motifs is 1. The van der Waals surface area contributed by atoms with Crippen LogP contribution in [-0.4, -0.2) is 21.4 Å². The number of hydrogen-bond acceptors (Lipinski definition) is 4. The molecule has 4 rings (SSSR count). The normalized spacial score (nSPS) is 19.1. The molecule has 0 spiro atoms. The van der Waals surface area contributed by atoms with Gasteiger partial charge in [-0.25, -0.2) is 9.07 Å². The third-order valence-electron chi connectivity index (χ3n) is 4.40. The number of aromatic nitrogens is 3. The number of ether oxygens (including phenoxy) is 1. The Hall–Kier alpha value is -3.03. The Kier molecular flexibility index (Phi) is 4.24. The topological polar surface area (TPSA) is 52.0 Å². The lowest BCUT2D eigenvalue weighted by atomic mass is 9.93. The second-order valence-corrected chi connectivity index (χ2v) is 5.94. The molecule has 0 saturated carbocycles. The number of anilines is 1. The maximum Gasteiger partial charge on any atom is 0.387 e. The van der Waals surface area contributed by atoms with Crippen LogP contribution in [0.1, 0.15) is 29.6 Å². The van der Waals surface area contributed by atoms with Gasteiger partial charge in [0.2, 0.25) is 5.95 Å². The van der Waals surface area contributed by atoms with E-state index in [1.165, 1.54) is 24.5 Å². The summed E-state index contributed by atoms with van der Waals surface area (Å²) < 4.78 is 45.1. The molecule has 1 aliphatic rings. The fourth-order valence-corrected chi connectivity index (χ4v) is 3.26. The molecular formula is C18H15F3N4O. The minimum atomic E-state index is -2.91. The van der Waals surface area contributed by atoms with Crippen LogP contribution in [0.4, 0.5) is 19.1 Å². The molecule has 0 radical (unpaired) electrons. The van der Waals surface area contributed by atoms with Gasteiger partial charge in [0.1, 0.15) is 17.9 Å². The molecule has 2 atom stereocenters. The highest BCUT2D eigenvalue weighted by Gasteiger charge is 2.31. The quantitative estimate of drug-likeness (QED) is 0.759. The first-order valence-corrected chi connectivity index (χ1v) is 8.07. The van der Waals surface area contributed by atoms with Crippen molar-refractivity contribution in [2.24, 2.45) is 0 Å². The summed E-state index contributed by atoms with van der Waals surface area (Å²) in [5, 5.41) is 7.44. The Bertz CT molecular complexity index is 897. The Morgan fingerprint density at radius 3 is 2.65 bits per heavy atom. The van der Waals surface area contributed by atoms with E-state index >= 15 is 0 Å². The highest BCUT2D eigenvalue weighted by molar-refractivity contribution is 5.43. The Labute approximate surface area is 147 Å². The van der Waals surface area contributed by atoms with Crippen molar-refractivity contribution < 1.29 is 17.9 Å². The highest BCUT2D eigenvalue weighted by Crippen LogP contribution is 2.40. The van der Waals surface area contributed by atoms with E-state index in [4.69, 9.17) is 0 Å². The first-order valence-electron chi connectivity index (χ1n) is 8.07. The van der Waals surface area contributed by atoms with E-state index in [1.807, 2.05) is 0 Å². The second kappa shape index (κ2) is 6.70. The third kappa shape index (κ3) is 3.10. The van der Waals surface area contributed by atoms with E-state index in [0.717, 1.165) is 5.56 Å². The molecule has 134 valence electrons. The minimum absolute atomic E-state index is 0.117. The number of alkyl halides is 2. The first kappa shape index (κ1) is 16.4. The number of halogens is 3. The summed E-state index contributed by atoms with van der Waals surface area (Å²) in [5.74, 6) is 0.307. The van der Waals surface area contributed by atoms with Crippen LogP contribution < -0.4 is 10.1 Å². The van der Waals surface area contributed by atoms with E-state index in [2.05, 4.69) is 20.1 Å². The van der Waals surface area contributed by atoms with Gasteiger partial charge >= 0.3 is 6.61 Å². The predicted molar refractivity (Wildman–Crippen MR) is 88.6 cm³/mol. The third-order valence-corrected chi connectivity index (χ3v) is 4.40. The maximum atomic E-state index is 13.3. The fraction of sp³-hybridized carbons (Fsp3) is 0.222. The average Bonchev–Trinajstić information content (AvgIpc) is 3.10. The maximum absolute atomic E-state index is 13.3. The molecule has 8 heteroatoms. The second-order valence-electron chi connectivity index (χ2n) is 5.94. The van der Waals surface area contributed by atoms with Crippen molar-refractivity contribution in [3.8, 4) is 5.75 Å². The van der Waals surface area contributed by atoms with E-state index in [-0.39, 0.29) is 23.7 Å². The number of hydrogen-bond donors (Lipinski definition) is 1. The van der Waals surface area contributed by atoms with Crippen molar-refractivity contribution in [1.29, 1.82) is 0 Å². The molecule has 5 nitrogen and oxygen atoms in total. The fourth-order valence-electron chi connectivity index (χ4n) is 3.26. The average molecular weight is 360 g/mol. The monoisotopic (exact) mass is 360 g/mol. The SMILES string of the molecule is Fc1ccc([C@H]2C[C@@H](c3ccccc3OC(F)F)Nc3ncnn32)cc1. The van der Waals surface area contributed by atoms with Gasteiger partial charge in [-0.3, -0.25) is 0 Å². The number of para-hydroxylation sites is 1. The van der Waals surface area contributed by atoms with Gasteiger partial charge in [-0.1, -0.05) is 30.3 Å². The van der Waals surface area contributed by atoms with Crippen LogP contribution in [-0.2, 0) is 0 Å². The molecule has 0 fully saturated rings. The Morgan fingerprint density at radius 1 is 1.12 bits per heavy atom. The van der Waals surface area contributed by atoms with Crippen LogP contribution in [0.5, 0.6) is 5.75 Å². The molecule has 1 N–H and O–H groups in total. The van der Waals surface area contributed by atoms with Crippen LogP contribution in [0.15, 0.2) is 54.9 Å². The van der Waals surface area contributed by atoms with Crippen LogP contribution in [0, 0.1) is 5.82 Å². The van der Waals surface area contributed by atoms with Crippen molar-refractivity contribution in [2.75, 3.05) is 5.32 Å². The van der Waals surface area contributed by atoms with E-state index in [0.29, 0.717) is 17.9 Å². The predicted octanol–water partition coefficient (Wildman–Crippen LogP) is 4.16. The largest absolute Gasteiger partial charge is 0.434 e. The highest BCUT2D eigenvalue weighted by atomic mass is 19.3. The summed E-state index contributed by atoms with van der Waals surface area (Å²) >= 11 is 0. The van der Waals surface area contributed by atoms with Gasteiger partial charge in [0.05, 0.1) is 12.1 Å². The lowest BCUT2D eigenvalue weighted by molar-refractivity contribution is -0.0506. The summed E-state index contributed by atoms with van der Waals surface area (Å²) in [4.78, 5) is 4.19. The number of rotatable bonds is 4. The number of benzene rings is 2. The molecule has 1 aliphatic heterocycles. The lowest BCUT2D eigenvalue weighted by Gasteiger charge is -2.32. The Morgan fingerprint density at radius 2 is 1.88 bits per heavy atom. The molecule has 2 aromatic carbocycles. The van der Waals surface area contributed by atoms with Crippen LogP contribution in [0.25, 0.3) is 0 Å². The summed E-state index contributed by atoms with van der Waals surface area (Å²) in [6.45, 7) is -2.91. The van der Waals surface area contributed by atoms with Crippen molar-refractivity contribution in [3.63, 3.8) is 0 Å². The first-order chi connectivity index (χ1) is 12.6. The zero-order chi connectivity index (χ0) is 18.1. The number of nitrogens with one attached hydrogen (secondary N) is 1. The molecule has 3 aromatic rings. The smallest absolute Gasteiger partial charge is 0.387 e. The van der Waals surface area contributed by atoms with E-state index < -0.39 is 6.61 Å². The van der Waals surface area contributed by atoms with Gasteiger partial charge in [0.15, 0.2) is 0 Å². The molecule has 26 heavy (non-hydrogen) atoms. The van der Waals surface area contributed by atoms with Gasteiger partial charge < -0.3 is 10.1 Å². The summed E-state index contributed by atoms with van der Waals surface area (Å²) in [6.07, 6.45) is 1.94. The van der Waals surface area contributed by atoms with E-state index in [1.54, 1.807) is 35.0 Å². The lowest BCUT2D eigenvalue weighted by Crippen LogP contribution is -2.28. The summed E-state index contributed by atoms with van der Waals surface area (Å²) in [7, 11) is 0. The molecule has 0 saturated heterocycles. The van der Waals surface area contributed by atoms with Crippen molar-refractivity contribution >= 4 is 5.95 Å². The van der Waals surface area contributed by atoms with Crippen LogP contribution in [0.2, 0.25) is 0 Å². The van der Waals surface area contributed by atoms with Crippen molar-refractivity contribution in [3.05, 3.63) is 71.8 Å². The molecule has 1 aromatic heterocycles. The van der Waals surface area contributed by atoms with Gasteiger partial charge in [-0.05, 0) is 30.2 Å². The summed E-state index contributed by atoms with van der Waals surface area (Å²) in [6, 6.07) is 12.3. The van der Waals surface area contributed by atoms with Crippen LogP contribution in [0.3, 0.4) is 0 Å².